The molecule has 2 aliphatic heterocycles. The van der Waals surface area contributed by atoms with Crippen LogP contribution in [0.1, 0.15) is 19.8 Å². The summed E-state index contributed by atoms with van der Waals surface area (Å²) < 4.78 is 0. The van der Waals surface area contributed by atoms with Crippen molar-refractivity contribution in [2.75, 3.05) is 39.8 Å². The third kappa shape index (κ3) is 3.62. The zero-order valence-corrected chi connectivity index (χ0v) is 12.3. The highest BCUT2D eigenvalue weighted by Gasteiger charge is 2.37. The summed E-state index contributed by atoms with van der Waals surface area (Å²) in [7, 11) is 2.10. The van der Waals surface area contributed by atoms with E-state index >= 15 is 0 Å². The van der Waals surface area contributed by atoms with Gasteiger partial charge in [-0.25, -0.2) is 4.79 Å². The van der Waals surface area contributed by atoms with Crippen molar-refractivity contribution in [2.24, 2.45) is 17.8 Å². The minimum atomic E-state index is -0.804. The van der Waals surface area contributed by atoms with Crippen LogP contribution in [0.25, 0.3) is 0 Å². The normalized spacial score (nSPS) is 31.3. The van der Waals surface area contributed by atoms with Gasteiger partial charge in [0.2, 0.25) is 0 Å². The van der Waals surface area contributed by atoms with E-state index in [-0.39, 0.29) is 11.9 Å². The average molecular weight is 283 g/mol. The van der Waals surface area contributed by atoms with Crippen LogP contribution in [0.2, 0.25) is 0 Å². The van der Waals surface area contributed by atoms with Gasteiger partial charge in [0.15, 0.2) is 0 Å². The molecule has 0 aromatic heterocycles. The Morgan fingerprint density at radius 1 is 1.30 bits per heavy atom. The third-order valence-corrected chi connectivity index (χ3v) is 4.48. The minimum Gasteiger partial charge on any atom is -0.481 e. The summed E-state index contributed by atoms with van der Waals surface area (Å²) in [5.41, 5.74) is 0. The van der Waals surface area contributed by atoms with E-state index in [2.05, 4.69) is 17.3 Å². The van der Waals surface area contributed by atoms with Gasteiger partial charge in [0.25, 0.3) is 0 Å². The van der Waals surface area contributed by atoms with E-state index in [1.54, 1.807) is 4.90 Å². The molecule has 2 fully saturated rings. The number of amides is 2. The Labute approximate surface area is 120 Å². The molecule has 0 radical (unpaired) electrons. The van der Waals surface area contributed by atoms with Crippen LogP contribution in [0.15, 0.2) is 0 Å². The number of hydrogen-bond acceptors (Lipinski definition) is 3. The lowest BCUT2D eigenvalue weighted by Gasteiger charge is -2.30. The number of nitrogens with one attached hydrogen (secondary N) is 1. The summed E-state index contributed by atoms with van der Waals surface area (Å²) in [6.45, 7) is 5.59. The number of carboxylic acids is 1. The van der Waals surface area contributed by atoms with Gasteiger partial charge in [-0.1, -0.05) is 6.92 Å². The summed E-state index contributed by atoms with van der Waals surface area (Å²) in [4.78, 5) is 27.1. The zero-order chi connectivity index (χ0) is 14.7. The quantitative estimate of drug-likeness (QED) is 0.799. The van der Waals surface area contributed by atoms with Crippen LogP contribution in [-0.2, 0) is 4.79 Å². The number of carbonyl (C=O) groups is 2. The topological polar surface area (TPSA) is 72.9 Å². The van der Waals surface area contributed by atoms with Gasteiger partial charge in [-0.3, -0.25) is 4.79 Å². The van der Waals surface area contributed by atoms with Crippen LogP contribution in [0.5, 0.6) is 0 Å². The lowest BCUT2D eigenvalue weighted by molar-refractivity contribution is -0.142. The lowest BCUT2D eigenvalue weighted by Crippen LogP contribution is -2.44. The molecule has 2 amide bonds. The van der Waals surface area contributed by atoms with Crippen molar-refractivity contribution in [1.29, 1.82) is 0 Å². The largest absolute Gasteiger partial charge is 0.481 e. The summed E-state index contributed by atoms with van der Waals surface area (Å²) in [6, 6.07) is -0.117. The summed E-state index contributed by atoms with van der Waals surface area (Å²) in [5.74, 6) is -0.699. The molecule has 2 rings (SSSR count). The predicted molar refractivity (Wildman–Crippen MR) is 75.5 cm³/mol. The zero-order valence-electron chi connectivity index (χ0n) is 12.3. The van der Waals surface area contributed by atoms with E-state index in [0.29, 0.717) is 25.6 Å². The lowest BCUT2D eigenvalue weighted by atomic mass is 9.99. The Bertz CT molecular complexity index is 375. The Kier molecular flexibility index (Phi) is 4.86. The first-order valence-electron chi connectivity index (χ1n) is 7.41. The van der Waals surface area contributed by atoms with Gasteiger partial charge < -0.3 is 20.2 Å². The summed E-state index contributed by atoms with van der Waals surface area (Å²) in [5, 5.41) is 12.0. The molecule has 114 valence electrons. The van der Waals surface area contributed by atoms with Gasteiger partial charge >= 0.3 is 12.0 Å². The van der Waals surface area contributed by atoms with E-state index in [1.807, 2.05) is 6.92 Å². The molecule has 2 aliphatic rings. The van der Waals surface area contributed by atoms with Gasteiger partial charge in [-0.2, -0.15) is 0 Å². The number of piperidine rings is 1. The van der Waals surface area contributed by atoms with E-state index in [0.717, 1.165) is 19.5 Å². The number of carboxylic acid groups (broad SMARTS) is 1. The second-order valence-corrected chi connectivity index (χ2v) is 6.28. The molecule has 6 nitrogen and oxygen atoms in total. The van der Waals surface area contributed by atoms with Crippen molar-refractivity contribution in [2.45, 2.75) is 19.8 Å². The maximum Gasteiger partial charge on any atom is 0.317 e. The van der Waals surface area contributed by atoms with Crippen molar-refractivity contribution < 1.29 is 14.7 Å². The number of hydrogen-bond donors (Lipinski definition) is 2. The fourth-order valence-electron chi connectivity index (χ4n) is 3.24. The van der Waals surface area contributed by atoms with E-state index < -0.39 is 11.9 Å². The molecular formula is C14H25N3O3. The number of urea groups is 1. The van der Waals surface area contributed by atoms with Crippen LogP contribution in [0.4, 0.5) is 4.79 Å². The maximum absolute atomic E-state index is 12.1. The van der Waals surface area contributed by atoms with Gasteiger partial charge in [0, 0.05) is 26.2 Å². The maximum atomic E-state index is 12.1. The third-order valence-electron chi connectivity index (χ3n) is 4.48. The smallest absolute Gasteiger partial charge is 0.317 e. The Morgan fingerprint density at radius 2 is 2.05 bits per heavy atom. The van der Waals surface area contributed by atoms with Crippen molar-refractivity contribution in [3.8, 4) is 0 Å². The summed E-state index contributed by atoms with van der Waals surface area (Å²) in [6.07, 6.45) is 2.33. The molecule has 0 spiro atoms. The van der Waals surface area contributed by atoms with Crippen molar-refractivity contribution in [3.05, 3.63) is 0 Å². The van der Waals surface area contributed by atoms with Crippen LogP contribution >= 0.6 is 0 Å². The standard InChI is InChI=1S/C14H25N3O3/c1-10-7-17(9-12(10)13(18)19)14(20)15-6-11-4-3-5-16(2)8-11/h10-12H,3-9H2,1-2H3,(H,15,20)(H,18,19). The fraction of sp³-hybridized carbons (Fsp3) is 0.857. The second kappa shape index (κ2) is 6.43. The molecule has 0 aliphatic carbocycles. The molecular weight excluding hydrogens is 258 g/mol. The number of aliphatic carboxylic acids is 1. The number of carbonyl (C=O) groups excluding carboxylic acids is 1. The molecule has 2 saturated heterocycles. The highest BCUT2D eigenvalue weighted by Crippen LogP contribution is 2.23. The number of nitrogens with zero attached hydrogens (tertiary/aromatic N) is 2. The Balaban J connectivity index is 1.76. The fourth-order valence-corrected chi connectivity index (χ4v) is 3.24. The molecule has 2 N–H and O–H groups in total. The molecule has 2 heterocycles. The molecule has 3 unspecified atom stereocenters. The van der Waals surface area contributed by atoms with Crippen molar-refractivity contribution >= 4 is 12.0 Å². The van der Waals surface area contributed by atoms with E-state index in [1.165, 1.54) is 6.42 Å². The van der Waals surface area contributed by atoms with Crippen molar-refractivity contribution in [1.82, 2.24) is 15.1 Å². The molecule has 6 heteroatoms. The number of likely N-dealkylation sites (tertiary alicyclic amines) is 2. The molecule has 0 bridgehead atoms. The molecule has 20 heavy (non-hydrogen) atoms. The molecule has 0 saturated carbocycles. The molecule has 0 aromatic carbocycles. The monoisotopic (exact) mass is 283 g/mol. The SMILES string of the molecule is CC1CN(C(=O)NCC2CCCN(C)C2)CC1C(=O)O. The van der Waals surface area contributed by atoms with E-state index in [9.17, 15) is 9.59 Å². The highest BCUT2D eigenvalue weighted by atomic mass is 16.4. The van der Waals surface area contributed by atoms with Crippen LogP contribution in [0.3, 0.4) is 0 Å². The van der Waals surface area contributed by atoms with Gasteiger partial charge in [0.1, 0.15) is 0 Å². The van der Waals surface area contributed by atoms with E-state index in [4.69, 9.17) is 5.11 Å². The molecule has 3 atom stereocenters. The minimum absolute atomic E-state index is 0.0269. The van der Waals surface area contributed by atoms with Crippen LogP contribution in [0, 0.1) is 17.8 Å². The predicted octanol–water partition coefficient (Wildman–Crippen LogP) is 0.690. The van der Waals surface area contributed by atoms with Crippen molar-refractivity contribution in [3.63, 3.8) is 0 Å². The average Bonchev–Trinajstić information content (AvgIpc) is 2.78. The Hall–Kier alpha value is -1.30. The molecule has 0 aromatic rings. The van der Waals surface area contributed by atoms with Crippen LogP contribution < -0.4 is 5.32 Å². The summed E-state index contributed by atoms with van der Waals surface area (Å²) >= 11 is 0. The first kappa shape index (κ1) is 15.1. The van der Waals surface area contributed by atoms with Gasteiger partial charge in [-0.15, -0.1) is 0 Å². The van der Waals surface area contributed by atoms with Gasteiger partial charge in [0.05, 0.1) is 5.92 Å². The van der Waals surface area contributed by atoms with Crippen LogP contribution in [-0.4, -0.2) is 66.7 Å². The second-order valence-electron chi connectivity index (χ2n) is 6.28. The number of rotatable bonds is 3. The first-order valence-corrected chi connectivity index (χ1v) is 7.41. The van der Waals surface area contributed by atoms with Gasteiger partial charge in [-0.05, 0) is 38.3 Å². The Morgan fingerprint density at radius 3 is 2.65 bits per heavy atom. The highest BCUT2D eigenvalue weighted by molar-refractivity contribution is 5.77. The first-order chi connectivity index (χ1) is 9.47.